The Hall–Kier alpha value is -1.69. The van der Waals surface area contributed by atoms with E-state index >= 15 is 0 Å². The maximum Gasteiger partial charge on any atom is 0.319 e. The van der Waals surface area contributed by atoms with Crippen LogP contribution >= 0.6 is 0 Å². The number of benzene rings is 1. The van der Waals surface area contributed by atoms with Crippen LogP contribution in [0.25, 0.3) is 0 Å². The SMILES string of the molecule is COCC1CCCC1NC(=O)Nc1cccc(F)c1F. The second-order valence-electron chi connectivity index (χ2n) is 4.95. The van der Waals surface area contributed by atoms with Gasteiger partial charge in [-0.3, -0.25) is 0 Å². The average Bonchev–Trinajstić information content (AvgIpc) is 2.83. The molecule has 0 radical (unpaired) electrons. The Kier molecular flexibility index (Phi) is 4.89. The van der Waals surface area contributed by atoms with Crippen molar-refractivity contribution < 1.29 is 18.3 Å². The van der Waals surface area contributed by atoms with Crippen LogP contribution in [0.1, 0.15) is 19.3 Å². The molecule has 6 heteroatoms. The highest BCUT2D eigenvalue weighted by atomic mass is 19.2. The summed E-state index contributed by atoms with van der Waals surface area (Å²) in [5.41, 5.74) is -0.163. The molecule has 1 aromatic rings. The predicted molar refractivity (Wildman–Crippen MR) is 71.5 cm³/mol. The second-order valence-corrected chi connectivity index (χ2v) is 4.95. The minimum absolute atomic E-state index is 0.00608. The summed E-state index contributed by atoms with van der Waals surface area (Å²) in [6.07, 6.45) is 2.88. The van der Waals surface area contributed by atoms with Gasteiger partial charge in [0.2, 0.25) is 0 Å². The van der Waals surface area contributed by atoms with E-state index in [2.05, 4.69) is 10.6 Å². The first kappa shape index (κ1) is 14.7. The Balaban J connectivity index is 1.94. The van der Waals surface area contributed by atoms with Gasteiger partial charge in [-0.15, -0.1) is 0 Å². The molecule has 0 saturated heterocycles. The van der Waals surface area contributed by atoms with Crippen LogP contribution in [0.15, 0.2) is 18.2 Å². The van der Waals surface area contributed by atoms with E-state index in [1.54, 1.807) is 7.11 Å². The lowest BCUT2D eigenvalue weighted by molar-refractivity contribution is 0.142. The van der Waals surface area contributed by atoms with Crippen molar-refractivity contribution in [2.45, 2.75) is 25.3 Å². The first-order valence-corrected chi connectivity index (χ1v) is 6.62. The molecule has 0 aromatic heterocycles. The Labute approximate surface area is 116 Å². The molecule has 2 N–H and O–H groups in total. The van der Waals surface area contributed by atoms with Crippen LogP contribution in [0, 0.1) is 17.6 Å². The number of carbonyl (C=O) groups is 1. The summed E-state index contributed by atoms with van der Waals surface area (Å²) < 4.78 is 31.6. The van der Waals surface area contributed by atoms with E-state index in [0.717, 1.165) is 25.3 Å². The molecule has 0 spiro atoms. The number of anilines is 1. The Morgan fingerprint density at radius 1 is 1.40 bits per heavy atom. The number of urea groups is 1. The van der Waals surface area contributed by atoms with Gasteiger partial charge < -0.3 is 15.4 Å². The predicted octanol–water partition coefficient (Wildman–Crippen LogP) is 2.90. The summed E-state index contributed by atoms with van der Waals surface area (Å²) in [5.74, 6) is -1.77. The van der Waals surface area contributed by atoms with Crippen molar-refractivity contribution in [3.8, 4) is 0 Å². The molecule has 2 unspecified atom stereocenters. The van der Waals surface area contributed by atoms with Gasteiger partial charge in [0.15, 0.2) is 11.6 Å². The van der Waals surface area contributed by atoms with Gasteiger partial charge in [0.05, 0.1) is 12.3 Å². The molecule has 1 aliphatic carbocycles. The van der Waals surface area contributed by atoms with Crippen LogP contribution in [0.2, 0.25) is 0 Å². The molecular weight excluding hydrogens is 266 g/mol. The highest BCUT2D eigenvalue weighted by molar-refractivity contribution is 5.89. The molecule has 1 aromatic carbocycles. The molecule has 20 heavy (non-hydrogen) atoms. The van der Waals surface area contributed by atoms with E-state index in [9.17, 15) is 13.6 Å². The second kappa shape index (κ2) is 6.65. The van der Waals surface area contributed by atoms with E-state index in [1.807, 2.05) is 0 Å². The third-order valence-corrected chi connectivity index (χ3v) is 3.56. The van der Waals surface area contributed by atoms with E-state index in [0.29, 0.717) is 6.61 Å². The van der Waals surface area contributed by atoms with Gasteiger partial charge >= 0.3 is 6.03 Å². The van der Waals surface area contributed by atoms with E-state index in [-0.39, 0.29) is 17.6 Å². The first-order valence-electron chi connectivity index (χ1n) is 6.62. The van der Waals surface area contributed by atoms with Crippen molar-refractivity contribution >= 4 is 11.7 Å². The Morgan fingerprint density at radius 2 is 2.20 bits per heavy atom. The van der Waals surface area contributed by atoms with Gasteiger partial charge in [-0.25, -0.2) is 13.6 Å². The number of halogens is 2. The normalized spacial score (nSPS) is 21.8. The van der Waals surface area contributed by atoms with Crippen molar-refractivity contribution in [3.05, 3.63) is 29.8 Å². The molecule has 4 nitrogen and oxygen atoms in total. The lowest BCUT2D eigenvalue weighted by atomic mass is 10.1. The van der Waals surface area contributed by atoms with Gasteiger partial charge in [0.1, 0.15) is 0 Å². The van der Waals surface area contributed by atoms with Crippen molar-refractivity contribution in [2.24, 2.45) is 5.92 Å². The number of rotatable bonds is 4. The number of carbonyl (C=O) groups excluding carboxylic acids is 1. The number of hydrogen-bond acceptors (Lipinski definition) is 2. The Morgan fingerprint density at radius 3 is 2.95 bits per heavy atom. The summed E-state index contributed by atoms with van der Waals surface area (Å²) in [6.45, 7) is 0.583. The average molecular weight is 284 g/mol. The van der Waals surface area contributed by atoms with Gasteiger partial charge in [0, 0.05) is 19.1 Å². The molecule has 2 rings (SSSR count). The van der Waals surface area contributed by atoms with E-state index in [4.69, 9.17) is 4.74 Å². The molecule has 2 atom stereocenters. The van der Waals surface area contributed by atoms with Crippen LogP contribution in [0.3, 0.4) is 0 Å². The molecule has 0 bridgehead atoms. The van der Waals surface area contributed by atoms with Gasteiger partial charge in [-0.05, 0) is 25.0 Å². The quantitative estimate of drug-likeness (QED) is 0.893. The van der Waals surface area contributed by atoms with Gasteiger partial charge in [-0.2, -0.15) is 0 Å². The molecule has 110 valence electrons. The minimum atomic E-state index is -1.05. The molecular formula is C14H18F2N2O2. The molecule has 1 aliphatic rings. The number of amides is 2. The van der Waals surface area contributed by atoms with Gasteiger partial charge in [0.25, 0.3) is 0 Å². The summed E-state index contributed by atoms with van der Waals surface area (Å²) in [6, 6.07) is 3.15. The van der Waals surface area contributed by atoms with Crippen LogP contribution in [0.5, 0.6) is 0 Å². The van der Waals surface area contributed by atoms with Crippen LogP contribution in [0.4, 0.5) is 19.3 Å². The fourth-order valence-electron chi connectivity index (χ4n) is 2.57. The summed E-state index contributed by atoms with van der Waals surface area (Å²) in [4.78, 5) is 11.8. The number of methoxy groups -OCH3 is 1. The number of ether oxygens (including phenoxy) is 1. The van der Waals surface area contributed by atoms with Crippen LogP contribution in [-0.4, -0.2) is 25.8 Å². The molecule has 1 saturated carbocycles. The van der Waals surface area contributed by atoms with E-state index in [1.165, 1.54) is 12.1 Å². The lowest BCUT2D eigenvalue weighted by Gasteiger charge is -2.20. The molecule has 2 amide bonds. The monoisotopic (exact) mass is 284 g/mol. The van der Waals surface area contributed by atoms with Crippen molar-refractivity contribution in [2.75, 3.05) is 19.0 Å². The van der Waals surface area contributed by atoms with Crippen LogP contribution < -0.4 is 10.6 Å². The minimum Gasteiger partial charge on any atom is -0.384 e. The highest BCUT2D eigenvalue weighted by Crippen LogP contribution is 2.26. The van der Waals surface area contributed by atoms with Crippen LogP contribution in [-0.2, 0) is 4.74 Å². The smallest absolute Gasteiger partial charge is 0.319 e. The third-order valence-electron chi connectivity index (χ3n) is 3.56. The topological polar surface area (TPSA) is 50.4 Å². The standard InChI is InChI=1S/C14H18F2N2O2/c1-20-8-9-4-2-6-11(9)17-14(19)18-12-7-3-5-10(15)13(12)16/h3,5,7,9,11H,2,4,6,8H2,1H3,(H2,17,18,19). The maximum atomic E-state index is 13.4. The zero-order valence-electron chi connectivity index (χ0n) is 11.3. The summed E-state index contributed by atoms with van der Waals surface area (Å²) in [7, 11) is 1.62. The Bertz CT molecular complexity index is 482. The maximum absolute atomic E-state index is 13.4. The number of nitrogens with one attached hydrogen (secondary N) is 2. The highest BCUT2D eigenvalue weighted by Gasteiger charge is 2.28. The number of hydrogen-bond donors (Lipinski definition) is 2. The molecule has 0 aliphatic heterocycles. The molecule has 1 fully saturated rings. The van der Waals surface area contributed by atoms with Crippen molar-refractivity contribution in [1.82, 2.24) is 5.32 Å². The van der Waals surface area contributed by atoms with E-state index < -0.39 is 17.7 Å². The largest absolute Gasteiger partial charge is 0.384 e. The third kappa shape index (κ3) is 3.45. The fraction of sp³-hybridized carbons (Fsp3) is 0.500. The summed E-state index contributed by atoms with van der Waals surface area (Å²) >= 11 is 0. The first-order chi connectivity index (χ1) is 9.61. The molecule has 0 heterocycles. The fourth-order valence-corrected chi connectivity index (χ4v) is 2.57. The summed E-state index contributed by atoms with van der Waals surface area (Å²) in [5, 5.41) is 5.12. The van der Waals surface area contributed by atoms with Crippen molar-refractivity contribution in [3.63, 3.8) is 0 Å². The van der Waals surface area contributed by atoms with Gasteiger partial charge in [-0.1, -0.05) is 12.5 Å². The zero-order chi connectivity index (χ0) is 14.5. The zero-order valence-corrected chi connectivity index (χ0v) is 11.3. The van der Waals surface area contributed by atoms with Crippen molar-refractivity contribution in [1.29, 1.82) is 0 Å². The lowest BCUT2D eigenvalue weighted by Crippen LogP contribution is -2.41.